The number of rotatable bonds is 5. The number of hydrogen-bond donors (Lipinski definition) is 0. The average molecular weight is 388 g/mol. The van der Waals surface area contributed by atoms with Crippen LogP contribution in [0.3, 0.4) is 0 Å². The summed E-state index contributed by atoms with van der Waals surface area (Å²) in [6.07, 6.45) is 4.45. The molecule has 0 saturated carbocycles. The van der Waals surface area contributed by atoms with Gasteiger partial charge in [-0.3, -0.25) is 0 Å². The van der Waals surface area contributed by atoms with Gasteiger partial charge in [-0.15, -0.1) is 0 Å². The van der Waals surface area contributed by atoms with Gasteiger partial charge in [0.05, 0.1) is 0 Å². The van der Waals surface area contributed by atoms with Crippen LogP contribution in [0.2, 0.25) is 0 Å². The highest BCUT2D eigenvalue weighted by Gasteiger charge is 2.10. The van der Waals surface area contributed by atoms with Crippen LogP contribution in [-0.4, -0.2) is 0 Å². The molecule has 0 bridgehead atoms. The lowest BCUT2D eigenvalue weighted by Gasteiger charge is -2.14. The van der Waals surface area contributed by atoms with Crippen LogP contribution in [0.1, 0.15) is 37.8 Å². The van der Waals surface area contributed by atoms with Gasteiger partial charge < -0.3 is 0 Å². The summed E-state index contributed by atoms with van der Waals surface area (Å²) >= 11 is 2.49. The molecule has 0 unspecified atom stereocenters. The van der Waals surface area contributed by atoms with Crippen molar-refractivity contribution in [2.24, 2.45) is 0 Å². The molecule has 0 spiro atoms. The number of hydrogen-bond acceptors (Lipinski definition) is 0. The van der Waals surface area contributed by atoms with Crippen molar-refractivity contribution in [3.63, 3.8) is 0 Å². The van der Waals surface area contributed by atoms with Crippen molar-refractivity contribution in [1.82, 2.24) is 0 Å². The molecule has 0 aromatic heterocycles. The van der Waals surface area contributed by atoms with Gasteiger partial charge in [-0.1, -0.05) is 74.5 Å². The molecule has 21 heavy (non-hydrogen) atoms. The molecule has 0 aliphatic heterocycles. The van der Waals surface area contributed by atoms with E-state index in [0.717, 1.165) is 12.8 Å². The van der Waals surface area contributed by atoms with Crippen LogP contribution in [0.4, 0.5) is 0 Å². The highest BCUT2D eigenvalue weighted by Crippen LogP contribution is 2.33. The normalized spacial score (nSPS) is 13.0. The molecule has 2 rings (SSSR count). The van der Waals surface area contributed by atoms with Crippen LogP contribution in [0.25, 0.3) is 11.6 Å². The van der Waals surface area contributed by atoms with Crippen molar-refractivity contribution >= 4 is 34.2 Å². The molecule has 0 nitrogen and oxygen atoms in total. The third-order valence-corrected chi connectivity index (χ3v) is 4.93. The van der Waals surface area contributed by atoms with Gasteiger partial charge in [-0.25, -0.2) is 0 Å². The van der Waals surface area contributed by atoms with E-state index in [1.807, 2.05) is 0 Å². The molecule has 0 amide bonds. The maximum absolute atomic E-state index is 2.49. The van der Waals surface area contributed by atoms with Crippen molar-refractivity contribution in [3.05, 3.63) is 80.9 Å². The number of benzene rings is 2. The van der Waals surface area contributed by atoms with Gasteiger partial charge in [0.2, 0.25) is 0 Å². The van der Waals surface area contributed by atoms with Crippen LogP contribution in [0.15, 0.2) is 69.8 Å². The Labute approximate surface area is 141 Å². The first-order valence-electron chi connectivity index (χ1n) is 7.46. The summed E-state index contributed by atoms with van der Waals surface area (Å²) in [7, 11) is 0. The smallest absolute Gasteiger partial charge is 0.00587 e. The Balaban J connectivity index is 2.58. The molecule has 0 fully saturated rings. The van der Waals surface area contributed by atoms with E-state index in [2.05, 4.69) is 103 Å². The lowest BCUT2D eigenvalue weighted by Crippen LogP contribution is -1.92. The minimum atomic E-state index is 1.06. The fourth-order valence-electron chi connectivity index (χ4n) is 2.42. The summed E-state index contributed by atoms with van der Waals surface area (Å²) in [4.78, 5) is 0. The van der Waals surface area contributed by atoms with Crippen molar-refractivity contribution in [2.75, 3.05) is 0 Å². The zero-order chi connectivity index (χ0) is 15.1. The Hall–Kier alpha value is -1.35. The maximum Gasteiger partial charge on any atom is -0.00587 e. The molecule has 2 aromatic carbocycles. The predicted octanol–water partition coefficient (Wildman–Crippen LogP) is 6.74. The highest BCUT2D eigenvalue weighted by molar-refractivity contribution is 14.1. The van der Waals surface area contributed by atoms with Crippen LogP contribution < -0.4 is 0 Å². The first-order valence-corrected chi connectivity index (χ1v) is 8.54. The van der Waals surface area contributed by atoms with Crippen LogP contribution >= 0.6 is 22.6 Å². The van der Waals surface area contributed by atoms with Gasteiger partial charge in [0.1, 0.15) is 0 Å². The summed E-state index contributed by atoms with van der Waals surface area (Å²) in [6.45, 7) is 4.47. The van der Waals surface area contributed by atoms with E-state index in [0.29, 0.717) is 0 Å². The van der Waals surface area contributed by atoms with E-state index in [1.165, 1.54) is 25.9 Å². The standard InChI is InChI=1S/C20H21I/c1-3-18(20(21)4-2)19(17-13-9-6-10-14-17)15-16-11-7-5-8-12-16/h5-15H,3-4H2,1-2H3/b19-15+,20-18-. The van der Waals surface area contributed by atoms with Crippen molar-refractivity contribution in [1.29, 1.82) is 0 Å². The topological polar surface area (TPSA) is 0 Å². The first-order chi connectivity index (χ1) is 10.3. The molecule has 0 atom stereocenters. The van der Waals surface area contributed by atoms with E-state index < -0.39 is 0 Å². The van der Waals surface area contributed by atoms with E-state index in [1.54, 1.807) is 0 Å². The fraction of sp³-hybridized carbons (Fsp3) is 0.200. The quantitative estimate of drug-likeness (QED) is 0.302. The zero-order valence-corrected chi connectivity index (χ0v) is 14.8. The van der Waals surface area contributed by atoms with Crippen molar-refractivity contribution < 1.29 is 0 Å². The molecular weight excluding hydrogens is 367 g/mol. The largest absolute Gasteiger partial charge is 0.0622 e. The Morgan fingerprint density at radius 2 is 1.43 bits per heavy atom. The summed E-state index contributed by atoms with van der Waals surface area (Å²) in [6, 6.07) is 21.3. The van der Waals surface area contributed by atoms with Gasteiger partial charge >= 0.3 is 0 Å². The van der Waals surface area contributed by atoms with Gasteiger partial charge in [0, 0.05) is 0 Å². The van der Waals surface area contributed by atoms with Crippen molar-refractivity contribution in [2.45, 2.75) is 26.7 Å². The lowest BCUT2D eigenvalue weighted by molar-refractivity contribution is 1.10. The van der Waals surface area contributed by atoms with Crippen molar-refractivity contribution in [3.8, 4) is 0 Å². The molecular formula is C20H21I. The van der Waals surface area contributed by atoms with Gasteiger partial charge in [-0.05, 0) is 67.4 Å². The highest BCUT2D eigenvalue weighted by atomic mass is 127. The molecule has 1 heteroatoms. The Bertz CT molecular complexity index is 621. The second kappa shape index (κ2) is 8.18. The maximum atomic E-state index is 2.49. The Morgan fingerprint density at radius 1 is 0.857 bits per heavy atom. The van der Waals surface area contributed by atoms with E-state index in [9.17, 15) is 0 Å². The monoisotopic (exact) mass is 388 g/mol. The SMILES string of the molecule is CC/C(I)=C(CC)/C(=C/c1ccccc1)c1ccccc1. The number of halogens is 1. The summed E-state index contributed by atoms with van der Waals surface area (Å²) in [5.41, 5.74) is 5.34. The van der Waals surface area contributed by atoms with Crippen LogP contribution in [-0.2, 0) is 0 Å². The second-order valence-corrected chi connectivity index (χ2v) is 6.23. The number of allylic oxidation sites excluding steroid dienone is 3. The Kier molecular flexibility index (Phi) is 6.24. The second-order valence-electron chi connectivity index (χ2n) is 4.93. The van der Waals surface area contributed by atoms with E-state index in [-0.39, 0.29) is 0 Å². The summed E-state index contributed by atoms with van der Waals surface area (Å²) in [5.74, 6) is 0. The van der Waals surface area contributed by atoms with Gasteiger partial charge in [-0.2, -0.15) is 0 Å². The lowest BCUT2D eigenvalue weighted by atomic mass is 9.93. The van der Waals surface area contributed by atoms with Gasteiger partial charge in [0.15, 0.2) is 0 Å². The predicted molar refractivity (Wildman–Crippen MR) is 102 cm³/mol. The fourth-order valence-corrected chi connectivity index (χ4v) is 3.09. The zero-order valence-electron chi connectivity index (χ0n) is 12.6. The van der Waals surface area contributed by atoms with E-state index >= 15 is 0 Å². The first kappa shape index (κ1) is 16.0. The Morgan fingerprint density at radius 3 is 1.95 bits per heavy atom. The molecule has 0 aliphatic rings. The molecule has 108 valence electrons. The molecule has 0 heterocycles. The third kappa shape index (κ3) is 4.31. The molecule has 2 aromatic rings. The molecule has 0 saturated heterocycles. The molecule has 0 aliphatic carbocycles. The summed E-state index contributed by atoms with van der Waals surface area (Å²) in [5, 5.41) is 0. The minimum absolute atomic E-state index is 1.06. The van der Waals surface area contributed by atoms with Crippen LogP contribution in [0.5, 0.6) is 0 Å². The van der Waals surface area contributed by atoms with Crippen LogP contribution in [0, 0.1) is 0 Å². The summed E-state index contributed by atoms with van der Waals surface area (Å²) < 4.78 is 1.45. The average Bonchev–Trinajstić information content (AvgIpc) is 2.56. The minimum Gasteiger partial charge on any atom is -0.0622 e. The molecule has 0 radical (unpaired) electrons. The van der Waals surface area contributed by atoms with Gasteiger partial charge in [0.25, 0.3) is 0 Å². The third-order valence-electron chi connectivity index (χ3n) is 3.51. The molecule has 0 N–H and O–H groups in total. The van der Waals surface area contributed by atoms with E-state index in [4.69, 9.17) is 0 Å².